The molecule has 38 heavy (non-hydrogen) atoms. The summed E-state index contributed by atoms with van der Waals surface area (Å²) < 4.78 is 74.0. The minimum atomic E-state index is -4.38. The molecular weight excluding hydrogens is 524 g/mol. The standard InChI is InChI=1S/C23H17F2N7O5S/c24-13-3-4-14(32-38(33,34)16-6-5-15(37-16)23-35-8-9-36-23)17(25)19(13)31-21-12(2-1-7-26-21)18-20-22(29-10-27-18)30-11-28-20/h1-7,10-11,23,32H,8-9H2,(H,26,31)(H,27,28,29,30). The van der Waals surface area contributed by atoms with Crippen molar-refractivity contribution in [1.29, 1.82) is 0 Å². The number of H-pyrrole nitrogens is 1. The van der Waals surface area contributed by atoms with Crippen LogP contribution in [0.3, 0.4) is 0 Å². The number of aromatic nitrogens is 5. The Bertz CT molecular complexity index is 1750. The number of aromatic amines is 1. The van der Waals surface area contributed by atoms with E-state index >= 15 is 4.39 Å². The van der Waals surface area contributed by atoms with Crippen LogP contribution >= 0.6 is 0 Å². The molecule has 0 atom stereocenters. The van der Waals surface area contributed by atoms with Gasteiger partial charge in [-0.15, -0.1) is 0 Å². The highest BCUT2D eigenvalue weighted by molar-refractivity contribution is 7.92. The molecule has 0 spiro atoms. The highest BCUT2D eigenvalue weighted by Crippen LogP contribution is 2.35. The van der Waals surface area contributed by atoms with E-state index in [2.05, 4.69) is 35.0 Å². The van der Waals surface area contributed by atoms with Gasteiger partial charge in [0.2, 0.25) is 11.4 Å². The summed E-state index contributed by atoms with van der Waals surface area (Å²) >= 11 is 0. The number of furan rings is 1. The molecule has 3 N–H and O–H groups in total. The third-order valence-electron chi connectivity index (χ3n) is 5.58. The summed E-state index contributed by atoms with van der Waals surface area (Å²) in [5.74, 6) is -1.98. The van der Waals surface area contributed by atoms with Crippen LogP contribution in [-0.4, -0.2) is 46.6 Å². The van der Waals surface area contributed by atoms with Crippen molar-refractivity contribution in [3.8, 4) is 11.3 Å². The van der Waals surface area contributed by atoms with Crippen LogP contribution in [0, 0.1) is 11.6 Å². The number of fused-ring (bicyclic) bond motifs is 1. The number of hydrogen-bond donors (Lipinski definition) is 3. The lowest BCUT2D eigenvalue weighted by Crippen LogP contribution is -2.14. The maximum Gasteiger partial charge on any atom is 0.295 e. The van der Waals surface area contributed by atoms with Gasteiger partial charge in [-0.05, 0) is 36.4 Å². The summed E-state index contributed by atoms with van der Waals surface area (Å²) in [4.78, 5) is 19.6. The number of benzene rings is 1. The molecule has 0 unspecified atom stereocenters. The van der Waals surface area contributed by atoms with Crippen LogP contribution in [0.2, 0.25) is 0 Å². The smallest absolute Gasteiger partial charge is 0.295 e. The normalized spacial score (nSPS) is 14.3. The van der Waals surface area contributed by atoms with Gasteiger partial charge in [0.05, 0.1) is 25.2 Å². The summed E-state index contributed by atoms with van der Waals surface area (Å²) in [5, 5.41) is 2.12. The molecule has 194 valence electrons. The van der Waals surface area contributed by atoms with Crippen LogP contribution in [0.25, 0.3) is 22.4 Å². The van der Waals surface area contributed by atoms with Crippen molar-refractivity contribution >= 4 is 38.4 Å². The Balaban J connectivity index is 1.32. The molecule has 1 aliphatic rings. The Morgan fingerprint density at radius 2 is 1.84 bits per heavy atom. The summed E-state index contributed by atoms with van der Waals surface area (Å²) in [6.07, 6.45) is 3.34. The molecule has 6 rings (SSSR count). The summed E-state index contributed by atoms with van der Waals surface area (Å²) in [6.45, 7) is 0.675. The topological polar surface area (TPSA) is 157 Å². The molecule has 0 amide bonds. The van der Waals surface area contributed by atoms with Gasteiger partial charge in [0.1, 0.15) is 34.9 Å². The Kier molecular flexibility index (Phi) is 5.94. The Morgan fingerprint density at radius 1 is 1.00 bits per heavy atom. The lowest BCUT2D eigenvalue weighted by Gasteiger charge is -2.14. The third-order valence-corrected chi connectivity index (χ3v) is 6.82. The fraction of sp³-hybridized carbons (Fsp3) is 0.130. The van der Waals surface area contributed by atoms with E-state index in [1.54, 1.807) is 12.1 Å². The molecule has 0 aliphatic carbocycles. The van der Waals surface area contributed by atoms with Crippen LogP contribution in [0.5, 0.6) is 0 Å². The molecule has 1 saturated heterocycles. The zero-order chi connectivity index (χ0) is 26.3. The maximum absolute atomic E-state index is 15.5. The van der Waals surface area contributed by atoms with E-state index in [-0.39, 0.29) is 11.6 Å². The lowest BCUT2D eigenvalue weighted by atomic mass is 10.1. The lowest BCUT2D eigenvalue weighted by molar-refractivity contribution is -0.0607. The van der Waals surface area contributed by atoms with Gasteiger partial charge in [0, 0.05) is 11.8 Å². The quantitative estimate of drug-likeness (QED) is 0.276. The predicted molar refractivity (Wildman–Crippen MR) is 129 cm³/mol. The van der Waals surface area contributed by atoms with Gasteiger partial charge in [-0.3, -0.25) is 4.72 Å². The number of nitrogens with one attached hydrogen (secondary N) is 3. The van der Waals surface area contributed by atoms with Gasteiger partial charge < -0.3 is 24.2 Å². The van der Waals surface area contributed by atoms with E-state index in [0.29, 0.717) is 35.6 Å². The van der Waals surface area contributed by atoms with E-state index in [4.69, 9.17) is 13.9 Å². The Labute approximate surface area is 213 Å². The van der Waals surface area contributed by atoms with E-state index in [9.17, 15) is 12.8 Å². The number of imidazole rings is 1. The van der Waals surface area contributed by atoms with Gasteiger partial charge in [-0.2, -0.15) is 8.42 Å². The molecule has 1 fully saturated rings. The number of sulfonamides is 1. The second-order valence-corrected chi connectivity index (χ2v) is 9.58. The number of rotatable bonds is 7. The van der Waals surface area contributed by atoms with Crippen LogP contribution in [0.4, 0.5) is 26.0 Å². The van der Waals surface area contributed by atoms with Gasteiger partial charge in [0.25, 0.3) is 10.0 Å². The van der Waals surface area contributed by atoms with Gasteiger partial charge >= 0.3 is 0 Å². The van der Waals surface area contributed by atoms with Crippen molar-refractivity contribution < 1.29 is 31.1 Å². The molecule has 0 radical (unpaired) electrons. The molecule has 5 aromatic rings. The molecule has 1 aliphatic heterocycles. The van der Waals surface area contributed by atoms with Crippen LogP contribution < -0.4 is 10.0 Å². The number of pyridine rings is 1. The largest absolute Gasteiger partial charge is 0.442 e. The van der Waals surface area contributed by atoms with Gasteiger partial charge in [0.15, 0.2) is 17.2 Å². The molecule has 5 heterocycles. The van der Waals surface area contributed by atoms with Crippen LogP contribution in [0.15, 0.2) is 64.8 Å². The zero-order valence-corrected chi connectivity index (χ0v) is 20.0. The molecule has 0 bridgehead atoms. The van der Waals surface area contributed by atoms with E-state index < -0.39 is 44.4 Å². The first kappa shape index (κ1) is 23.9. The molecule has 1 aromatic carbocycles. The van der Waals surface area contributed by atoms with Crippen molar-refractivity contribution in [2.45, 2.75) is 11.4 Å². The molecule has 4 aromatic heterocycles. The van der Waals surface area contributed by atoms with Crippen molar-refractivity contribution in [3.05, 3.63) is 72.6 Å². The number of hydrogen-bond acceptors (Lipinski definition) is 10. The van der Waals surface area contributed by atoms with Crippen LogP contribution in [0.1, 0.15) is 12.1 Å². The molecule has 12 nitrogen and oxygen atoms in total. The Hall–Kier alpha value is -4.47. The van der Waals surface area contributed by atoms with Crippen molar-refractivity contribution in [3.63, 3.8) is 0 Å². The predicted octanol–water partition coefficient (Wildman–Crippen LogP) is 3.88. The average molecular weight is 541 g/mol. The highest BCUT2D eigenvalue weighted by atomic mass is 32.2. The maximum atomic E-state index is 15.5. The Morgan fingerprint density at radius 3 is 2.68 bits per heavy atom. The first-order valence-electron chi connectivity index (χ1n) is 11.1. The SMILES string of the molecule is O=S(=O)(Nc1ccc(F)c(Nc2ncccc2-c2ncnc3[nH]cnc23)c1F)c1ccc(C2OCCO2)o1. The second-order valence-electron chi connectivity index (χ2n) is 7.97. The first-order valence-corrected chi connectivity index (χ1v) is 12.6. The zero-order valence-electron chi connectivity index (χ0n) is 19.2. The van der Waals surface area contributed by atoms with Crippen molar-refractivity contribution in [2.24, 2.45) is 0 Å². The third kappa shape index (κ3) is 4.31. The first-order chi connectivity index (χ1) is 18.4. The summed E-state index contributed by atoms with van der Waals surface area (Å²) in [5.41, 5.74) is 0.493. The van der Waals surface area contributed by atoms with Gasteiger partial charge in [-0.25, -0.2) is 28.7 Å². The minimum Gasteiger partial charge on any atom is -0.442 e. The fourth-order valence-corrected chi connectivity index (χ4v) is 4.85. The summed E-state index contributed by atoms with van der Waals surface area (Å²) in [6, 6.07) is 7.69. The van der Waals surface area contributed by atoms with E-state index in [1.807, 2.05) is 0 Å². The second kappa shape index (κ2) is 9.44. The number of ether oxygens (including phenoxy) is 2. The van der Waals surface area contributed by atoms with Crippen LogP contribution in [-0.2, 0) is 19.5 Å². The number of halogens is 2. The number of nitrogens with zero attached hydrogens (tertiary/aromatic N) is 4. The van der Waals surface area contributed by atoms with Gasteiger partial charge in [-0.1, -0.05) is 0 Å². The van der Waals surface area contributed by atoms with E-state index in [1.165, 1.54) is 31.0 Å². The monoisotopic (exact) mass is 541 g/mol. The number of anilines is 3. The molecule has 15 heteroatoms. The van der Waals surface area contributed by atoms with E-state index in [0.717, 1.165) is 12.1 Å². The molecular formula is C23H17F2N7O5S. The van der Waals surface area contributed by atoms with Crippen molar-refractivity contribution in [2.75, 3.05) is 23.3 Å². The fourth-order valence-electron chi connectivity index (χ4n) is 3.85. The highest BCUT2D eigenvalue weighted by Gasteiger charge is 2.27. The average Bonchev–Trinajstić information content (AvgIpc) is 3.69. The minimum absolute atomic E-state index is 0.0561. The molecule has 0 saturated carbocycles. The summed E-state index contributed by atoms with van der Waals surface area (Å²) in [7, 11) is -4.38. The van der Waals surface area contributed by atoms with Crippen molar-refractivity contribution in [1.82, 2.24) is 24.9 Å².